The van der Waals surface area contributed by atoms with Gasteiger partial charge in [-0.05, 0) is 24.3 Å². The Morgan fingerprint density at radius 1 is 0.864 bits per heavy atom. The summed E-state index contributed by atoms with van der Waals surface area (Å²) >= 11 is 0. The molecule has 0 saturated heterocycles. The van der Waals surface area contributed by atoms with Gasteiger partial charge in [0.2, 0.25) is 0 Å². The van der Waals surface area contributed by atoms with E-state index in [0.717, 1.165) is 28.4 Å². The minimum atomic E-state index is 0.910. The lowest BCUT2D eigenvalue weighted by Crippen LogP contribution is -1.96. The summed E-state index contributed by atoms with van der Waals surface area (Å²) in [5.74, 6) is 0.940. The number of nitrogens with one attached hydrogen (secondary N) is 1. The first kappa shape index (κ1) is 12.6. The van der Waals surface area contributed by atoms with E-state index in [0.29, 0.717) is 0 Å². The van der Waals surface area contributed by atoms with Gasteiger partial charge in [0.1, 0.15) is 17.2 Å². The quantitative estimate of drug-likeness (QED) is 0.615. The number of aromatic nitrogens is 3. The monoisotopic (exact) mass is 286 g/mol. The van der Waals surface area contributed by atoms with Crippen molar-refractivity contribution < 1.29 is 0 Å². The molecule has 0 unspecified atom stereocenters. The number of anilines is 2. The Balaban J connectivity index is 1.91. The van der Waals surface area contributed by atoms with Crippen LogP contribution in [0.4, 0.5) is 11.5 Å². The van der Waals surface area contributed by atoms with Gasteiger partial charge in [0.25, 0.3) is 0 Å². The fraction of sp³-hybridized carbons (Fsp3) is 0. The van der Waals surface area contributed by atoms with E-state index >= 15 is 0 Å². The van der Waals surface area contributed by atoms with Crippen molar-refractivity contribution in [3.8, 4) is 11.3 Å². The van der Waals surface area contributed by atoms with Crippen molar-refractivity contribution in [1.82, 2.24) is 14.4 Å². The number of fused-ring (bicyclic) bond motifs is 1. The van der Waals surface area contributed by atoms with E-state index < -0.39 is 0 Å². The normalized spacial score (nSPS) is 10.7. The van der Waals surface area contributed by atoms with Crippen LogP contribution < -0.4 is 5.32 Å². The van der Waals surface area contributed by atoms with Crippen molar-refractivity contribution in [3.05, 3.63) is 79.3 Å². The van der Waals surface area contributed by atoms with E-state index in [2.05, 4.69) is 26.8 Å². The van der Waals surface area contributed by atoms with Crippen LogP contribution in [0.25, 0.3) is 16.9 Å². The number of benzene rings is 1. The Morgan fingerprint density at radius 3 is 2.55 bits per heavy atom. The minimum Gasteiger partial charge on any atom is -0.338 e. The van der Waals surface area contributed by atoms with Crippen molar-refractivity contribution in [2.75, 3.05) is 5.32 Å². The Bertz CT molecular complexity index is 898. The number of nitrogens with zero attached hydrogens (tertiary/aromatic N) is 3. The highest BCUT2D eigenvalue weighted by Gasteiger charge is 2.13. The molecule has 0 aliphatic heterocycles. The zero-order valence-electron chi connectivity index (χ0n) is 11.8. The first-order valence-electron chi connectivity index (χ1n) is 7.11. The SMILES string of the molecule is c1ccc(-c2nc3ccccn3c2Nc2cccnc2)cc1. The Morgan fingerprint density at radius 2 is 1.73 bits per heavy atom. The van der Waals surface area contributed by atoms with Gasteiger partial charge in [0, 0.05) is 18.0 Å². The summed E-state index contributed by atoms with van der Waals surface area (Å²) in [7, 11) is 0. The molecular weight excluding hydrogens is 272 g/mol. The zero-order valence-corrected chi connectivity index (χ0v) is 11.8. The first-order chi connectivity index (χ1) is 10.9. The van der Waals surface area contributed by atoms with Crippen LogP contribution in [-0.4, -0.2) is 14.4 Å². The van der Waals surface area contributed by atoms with E-state index in [4.69, 9.17) is 4.98 Å². The van der Waals surface area contributed by atoms with Gasteiger partial charge in [-0.15, -0.1) is 0 Å². The number of hydrogen-bond donors (Lipinski definition) is 1. The summed E-state index contributed by atoms with van der Waals surface area (Å²) in [4.78, 5) is 8.91. The van der Waals surface area contributed by atoms with Crippen LogP contribution in [0.2, 0.25) is 0 Å². The average molecular weight is 286 g/mol. The lowest BCUT2D eigenvalue weighted by molar-refractivity contribution is 1.18. The minimum absolute atomic E-state index is 0.910. The lowest BCUT2D eigenvalue weighted by atomic mass is 10.1. The molecule has 0 fully saturated rings. The van der Waals surface area contributed by atoms with Crippen LogP contribution in [-0.2, 0) is 0 Å². The van der Waals surface area contributed by atoms with Gasteiger partial charge in [0.05, 0.1) is 11.9 Å². The molecule has 4 aromatic rings. The van der Waals surface area contributed by atoms with Crippen molar-refractivity contribution in [2.45, 2.75) is 0 Å². The van der Waals surface area contributed by atoms with Crippen molar-refractivity contribution >= 4 is 17.2 Å². The van der Waals surface area contributed by atoms with Gasteiger partial charge in [-0.2, -0.15) is 0 Å². The summed E-state index contributed by atoms with van der Waals surface area (Å²) in [6.45, 7) is 0. The zero-order chi connectivity index (χ0) is 14.8. The number of imidazole rings is 1. The molecule has 0 aliphatic carbocycles. The molecule has 1 N–H and O–H groups in total. The molecule has 4 rings (SSSR count). The number of rotatable bonds is 3. The second-order valence-electron chi connectivity index (χ2n) is 4.97. The standard InChI is InChI=1S/C18H14N4/c1-2-7-14(8-3-1)17-18(20-15-9-6-11-19-13-15)22-12-5-4-10-16(22)21-17/h1-13,20H. The molecular formula is C18H14N4. The summed E-state index contributed by atoms with van der Waals surface area (Å²) in [6, 6.07) is 20.1. The molecule has 3 aromatic heterocycles. The summed E-state index contributed by atoms with van der Waals surface area (Å²) in [5.41, 5.74) is 3.85. The molecule has 0 saturated carbocycles. The molecule has 4 nitrogen and oxygen atoms in total. The van der Waals surface area contributed by atoms with Gasteiger partial charge >= 0.3 is 0 Å². The molecule has 1 aromatic carbocycles. The van der Waals surface area contributed by atoms with Crippen LogP contribution in [0, 0.1) is 0 Å². The van der Waals surface area contributed by atoms with Crippen molar-refractivity contribution in [1.29, 1.82) is 0 Å². The summed E-state index contributed by atoms with van der Waals surface area (Å²) in [5, 5.41) is 3.43. The van der Waals surface area contributed by atoms with E-state index in [9.17, 15) is 0 Å². The van der Waals surface area contributed by atoms with Crippen LogP contribution in [0.3, 0.4) is 0 Å². The maximum Gasteiger partial charge on any atom is 0.143 e. The average Bonchev–Trinajstić information content (AvgIpc) is 2.95. The lowest BCUT2D eigenvalue weighted by Gasteiger charge is -2.08. The second-order valence-corrected chi connectivity index (χ2v) is 4.97. The van der Waals surface area contributed by atoms with Gasteiger partial charge in [-0.3, -0.25) is 9.38 Å². The highest BCUT2D eigenvalue weighted by Crippen LogP contribution is 2.30. The van der Waals surface area contributed by atoms with Crippen LogP contribution in [0.1, 0.15) is 0 Å². The van der Waals surface area contributed by atoms with E-state index in [-0.39, 0.29) is 0 Å². The second kappa shape index (κ2) is 5.33. The van der Waals surface area contributed by atoms with Crippen molar-refractivity contribution in [3.63, 3.8) is 0 Å². The molecule has 3 heterocycles. The van der Waals surface area contributed by atoms with Crippen LogP contribution in [0.5, 0.6) is 0 Å². The highest BCUT2D eigenvalue weighted by molar-refractivity contribution is 5.79. The fourth-order valence-corrected chi connectivity index (χ4v) is 2.49. The first-order valence-corrected chi connectivity index (χ1v) is 7.11. The smallest absolute Gasteiger partial charge is 0.143 e. The van der Waals surface area contributed by atoms with Crippen molar-refractivity contribution in [2.24, 2.45) is 0 Å². The van der Waals surface area contributed by atoms with Gasteiger partial charge < -0.3 is 5.32 Å². The molecule has 4 heteroatoms. The Kier molecular flexibility index (Phi) is 3.05. The topological polar surface area (TPSA) is 42.2 Å². The molecule has 22 heavy (non-hydrogen) atoms. The van der Waals surface area contributed by atoms with Gasteiger partial charge in [-0.1, -0.05) is 36.4 Å². The van der Waals surface area contributed by atoms with E-state index in [1.807, 2.05) is 54.7 Å². The third-order valence-corrected chi connectivity index (χ3v) is 3.50. The van der Waals surface area contributed by atoms with Crippen LogP contribution >= 0.6 is 0 Å². The van der Waals surface area contributed by atoms with Gasteiger partial charge in [-0.25, -0.2) is 4.98 Å². The Labute approximate surface area is 128 Å². The molecule has 0 atom stereocenters. The molecule has 106 valence electrons. The molecule has 0 radical (unpaired) electrons. The molecule has 0 spiro atoms. The third kappa shape index (κ3) is 2.20. The predicted octanol–water partition coefficient (Wildman–Crippen LogP) is 4.14. The van der Waals surface area contributed by atoms with Crippen LogP contribution in [0.15, 0.2) is 79.3 Å². The predicted molar refractivity (Wildman–Crippen MR) is 88.1 cm³/mol. The molecule has 0 amide bonds. The summed E-state index contributed by atoms with van der Waals surface area (Å²) in [6.07, 6.45) is 5.57. The molecule has 0 aliphatic rings. The maximum absolute atomic E-state index is 4.76. The van der Waals surface area contributed by atoms with E-state index in [1.165, 1.54) is 0 Å². The number of pyridine rings is 2. The maximum atomic E-state index is 4.76. The Hall–Kier alpha value is -3.14. The third-order valence-electron chi connectivity index (χ3n) is 3.50. The van der Waals surface area contributed by atoms with Gasteiger partial charge in [0.15, 0.2) is 0 Å². The fourth-order valence-electron chi connectivity index (χ4n) is 2.49. The molecule has 0 bridgehead atoms. The number of hydrogen-bond acceptors (Lipinski definition) is 3. The van der Waals surface area contributed by atoms with E-state index in [1.54, 1.807) is 12.4 Å². The highest BCUT2D eigenvalue weighted by atomic mass is 15.1. The largest absolute Gasteiger partial charge is 0.338 e. The summed E-state index contributed by atoms with van der Waals surface area (Å²) < 4.78 is 2.05.